The first-order valence-corrected chi connectivity index (χ1v) is 13.0. The first-order valence-electron chi connectivity index (χ1n) is 9.99. The van der Waals surface area contributed by atoms with Crippen LogP contribution in [0.2, 0.25) is 5.02 Å². The number of nitrogens with zero attached hydrogens (tertiary/aromatic N) is 3. The maximum Gasteiger partial charge on any atom is 0.421 e. The Balaban J connectivity index is 2.04. The number of carbonyl (C=O) groups excluding carboxylic acids is 1. The lowest BCUT2D eigenvalue weighted by atomic mass is 10.2. The molecule has 0 spiro atoms. The van der Waals surface area contributed by atoms with Crippen molar-refractivity contribution in [2.75, 3.05) is 24.8 Å². The maximum absolute atomic E-state index is 13.7. The Hall–Kier alpha value is -2.97. The molecule has 0 saturated carbocycles. The lowest BCUT2D eigenvalue weighted by molar-refractivity contribution is -0.137. The van der Waals surface area contributed by atoms with E-state index in [1.54, 1.807) is 0 Å². The standard InChI is InChI=1S/C20H18BrClF3N6O5P/c1-26-18(32)16-12(3-4-15(21)30-16)28-17-10(20(23,24)25)7-27-19(31-17)29-13-6-11(22)9(5-14(13)36-2)8-37(33,34)35/h3-7H,8H2,1-2H3,(H,26,32)(H2,33,34,35)(H2,27,28,29,31). The molecule has 37 heavy (non-hydrogen) atoms. The second kappa shape index (κ2) is 11.2. The number of halogens is 5. The van der Waals surface area contributed by atoms with Crippen LogP contribution in [0.1, 0.15) is 21.6 Å². The minimum absolute atomic E-state index is 0.0342. The van der Waals surface area contributed by atoms with Crippen molar-refractivity contribution < 1.29 is 37.1 Å². The monoisotopic (exact) mass is 624 g/mol. The molecule has 0 saturated heterocycles. The number of aromatic nitrogens is 3. The molecular formula is C20H18BrClF3N6O5P. The van der Waals surface area contributed by atoms with Gasteiger partial charge in [0, 0.05) is 18.3 Å². The van der Waals surface area contributed by atoms with Crippen LogP contribution in [0.5, 0.6) is 5.75 Å². The summed E-state index contributed by atoms with van der Waals surface area (Å²) in [7, 11) is -1.83. The highest BCUT2D eigenvalue weighted by Crippen LogP contribution is 2.44. The van der Waals surface area contributed by atoms with Crippen LogP contribution in [0.15, 0.2) is 35.1 Å². The summed E-state index contributed by atoms with van der Waals surface area (Å²) in [6, 6.07) is 5.31. The molecule has 3 rings (SSSR count). The Kier molecular flexibility index (Phi) is 8.65. The molecule has 17 heteroatoms. The number of carbonyl (C=O) groups is 1. The highest BCUT2D eigenvalue weighted by Gasteiger charge is 2.36. The van der Waals surface area contributed by atoms with E-state index >= 15 is 0 Å². The lowest BCUT2D eigenvalue weighted by Crippen LogP contribution is -2.21. The molecule has 0 aliphatic rings. The number of anilines is 4. The quantitative estimate of drug-likeness (QED) is 0.173. The van der Waals surface area contributed by atoms with Crippen LogP contribution in [0.3, 0.4) is 0 Å². The zero-order valence-electron chi connectivity index (χ0n) is 18.9. The van der Waals surface area contributed by atoms with Crippen molar-refractivity contribution in [2.24, 2.45) is 0 Å². The molecule has 1 aromatic carbocycles. The summed E-state index contributed by atoms with van der Waals surface area (Å²) in [6.45, 7) is 0. The zero-order valence-corrected chi connectivity index (χ0v) is 22.1. The van der Waals surface area contributed by atoms with Gasteiger partial charge in [-0.05, 0) is 45.8 Å². The Labute approximate surface area is 221 Å². The smallest absolute Gasteiger partial charge is 0.421 e. The number of pyridine rings is 1. The number of hydrogen-bond donors (Lipinski definition) is 5. The van der Waals surface area contributed by atoms with Gasteiger partial charge in [-0.1, -0.05) is 11.6 Å². The molecule has 0 radical (unpaired) electrons. The highest BCUT2D eigenvalue weighted by molar-refractivity contribution is 9.10. The summed E-state index contributed by atoms with van der Waals surface area (Å²) in [6.07, 6.45) is -4.95. The van der Waals surface area contributed by atoms with E-state index in [1.807, 2.05) is 0 Å². The van der Waals surface area contributed by atoms with Crippen molar-refractivity contribution in [3.8, 4) is 5.75 Å². The van der Waals surface area contributed by atoms with E-state index in [-0.39, 0.29) is 44.0 Å². The number of benzene rings is 1. The van der Waals surface area contributed by atoms with Crippen LogP contribution in [0.4, 0.5) is 36.3 Å². The van der Waals surface area contributed by atoms with Gasteiger partial charge in [-0.3, -0.25) is 9.36 Å². The predicted molar refractivity (Wildman–Crippen MR) is 133 cm³/mol. The summed E-state index contributed by atoms with van der Waals surface area (Å²) in [5.74, 6) is -1.56. The first-order chi connectivity index (χ1) is 17.2. The number of hydrogen-bond acceptors (Lipinski definition) is 8. The van der Waals surface area contributed by atoms with Gasteiger partial charge in [0.2, 0.25) is 5.95 Å². The minimum atomic E-state index is -4.85. The van der Waals surface area contributed by atoms with Crippen LogP contribution >= 0.6 is 35.1 Å². The fraction of sp³-hybridized carbons (Fsp3) is 0.200. The molecule has 2 heterocycles. The fourth-order valence-electron chi connectivity index (χ4n) is 3.03. The molecule has 198 valence electrons. The highest BCUT2D eigenvalue weighted by atomic mass is 79.9. The van der Waals surface area contributed by atoms with E-state index in [2.05, 4.69) is 46.8 Å². The predicted octanol–water partition coefficient (Wildman–Crippen LogP) is 4.84. The van der Waals surface area contributed by atoms with Gasteiger partial charge in [0.15, 0.2) is 5.69 Å². The molecule has 0 unspecified atom stereocenters. The third-order valence-corrected chi connectivity index (χ3v) is 6.19. The Morgan fingerprint density at radius 1 is 1.19 bits per heavy atom. The van der Waals surface area contributed by atoms with Gasteiger partial charge in [0.25, 0.3) is 5.91 Å². The SMILES string of the molecule is CNC(=O)c1nc(Br)ccc1Nc1nc(Nc2cc(Cl)c(CP(=O)(O)O)cc2OC)ncc1C(F)(F)F. The largest absolute Gasteiger partial charge is 0.495 e. The van der Waals surface area contributed by atoms with Crippen LogP contribution in [0, 0.1) is 0 Å². The van der Waals surface area contributed by atoms with Gasteiger partial charge in [0.1, 0.15) is 21.7 Å². The summed E-state index contributed by atoms with van der Waals surface area (Å²) in [5.41, 5.74) is -1.25. The normalized spacial score (nSPS) is 11.7. The van der Waals surface area contributed by atoms with E-state index in [1.165, 1.54) is 38.4 Å². The number of rotatable bonds is 8. The van der Waals surface area contributed by atoms with E-state index in [0.29, 0.717) is 6.20 Å². The summed E-state index contributed by atoms with van der Waals surface area (Å²) >= 11 is 9.25. The van der Waals surface area contributed by atoms with Gasteiger partial charge in [-0.2, -0.15) is 18.2 Å². The molecule has 0 aliphatic carbocycles. The number of amides is 1. The molecule has 3 aromatic rings. The van der Waals surface area contributed by atoms with E-state index in [9.17, 15) is 32.3 Å². The molecule has 0 bridgehead atoms. The lowest BCUT2D eigenvalue weighted by Gasteiger charge is -2.17. The summed E-state index contributed by atoms with van der Waals surface area (Å²) < 4.78 is 58.0. The summed E-state index contributed by atoms with van der Waals surface area (Å²) in [4.78, 5) is 42.3. The average Bonchev–Trinajstić information content (AvgIpc) is 2.80. The van der Waals surface area contributed by atoms with Crippen molar-refractivity contribution >= 4 is 64.2 Å². The van der Waals surface area contributed by atoms with Crippen molar-refractivity contribution in [3.63, 3.8) is 0 Å². The first kappa shape index (κ1) is 28.6. The number of ether oxygens (including phenoxy) is 1. The van der Waals surface area contributed by atoms with Crippen LogP contribution in [-0.4, -0.2) is 44.8 Å². The topological polar surface area (TPSA) is 159 Å². The van der Waals surface area contributed by atoms with Crippen LogP contribution in [0.25, 0.3) is 0 Å². The van der Waals surface area contributed by atoms with Gasteiger partial charge >= 0.3 is 13.8 Å². The summed E-state index contributed by atoms with van der Waals surface area (Å²) in [5, 5.41) is 7.49. The third kappa shape index (κ3) is 7.29. The van der Waals surface area contributed by atoms with Crippen molar-refractivity contribution in [2.45, 2.75) is 12.3 Å². The molecule has 2 aromatic heterocycles. The van der Waals surface area contributed by atoms with Gasteiger partial charge in [0.05, 0.1) is 24.6 Å². The van der Waals surface area contributed by atoms with E-state index in [0.717, 1.165) is 0 Å². The Morgan fingerprint density at radius 2 is 1.89 bits per heavy atom. The number of methoxy groups -OCH3 is 1. The molecule has 0 atom stereocenters. The van der Waals surface area contributed by atoms with Crippen molar-refractivity contribution in [3.05, 3.63) is 56.9 Å². The van der Waals surface area contributed by atoms with Gasteiger partial charge in [-0.15, -0.1) is 0 Å². The third-order valence-electron chi connectivity index (χ3n) is 4.64. The second-order valence-electron chi connectivity index (χ2n) is 7.28. The number of alkyl halides is 3. The molecule has 11 nitrogen and oxygen atoms in total. The van der Waals surface area contributed by atoms with Gasteiger partial charge in [-0.25, -0.2) is 9.97 Å². The van der Waals surface area contributed by atoms with Gasteiger partial charge < -0.3 is 30.5 Å². The van der Waals surface area contributed by atoms with Crippen LogP contribution < -0.4 is 20.7 Å². The Bertz CT molecular complexity index is 1390. The zero-order chi connectivity index (χ0) is 27.5. The van der Waals surface area contributed by atoms with Crippen LogP contribution in [-0.2, 0) is 16.9 Å². The maximum atomic E-state index is 13.7. The average molecular weight is 626 g/mol. The molecule has 0 fully saturated rings. The minimum Gasteiger partial charge on any atom is -0.495 e. The number of nitrogens with one attached hydrogen (secondary N) is 3. The molecule has 5 N–H and O–H groups in total. The Morgan fingerprint density at radius 3 is 2.49 bits per heavy atom. The fourth-order valence-corrected chi connectivity index (χ4v) is 4.36. The molecule has 1 amide bonds. The second-order valence-corrected chi connectivity index (χ2v) is 10.1. The van der Waals surface area contributed by atoms with Crippen molar-refractivity contribution in [1.29, 1.82) is 0 Å². The molecular weight excluding hydrogens is 608 g/mol. The molecule has 0 aliphatic heterocycles. The van der Waals surface area contributed by atoms with Crippen molar-refractivity contribution in [1.82, 2.24) is 20.3 Å². The van der Waals surface area contributed by atoms with E-state index in [4.69, 9.17) is 16.3 Å². The van der Waals surface area contributed by atoms with E-state index < -0.39 is 37.2 Å².